The molecular weight excluding hydrogens is 390 g/mol. The number of nitrogens with one attached hydrogen (secondary N) is 3. The molecule has 0 saturated carbocycles. The summed E-state index contributed by atoms with van der Waals surface area (Å²) in [4.78, 5) is 11.8. The van der Waals surface area contributed by atoms with Gasteiger partial charge < -0.3 is 40.4 Å². The number of phenolic OH excluding ortho intramolecular Hbond substituents is 1. The fraction of sp³-hybridized carbons (Fsp3) is 0.286. The van der Waals surface area contributed by atoms with Crippen LogP contribution >= 0.6 is 0 Å². The number of phenols is 1. The van der Waals surface area contributed by atoms with Crippen LogP contribution in [0.5, 0.6) is 11.5 Å². The zero-order chi connectivity index (χ0) is 21.3. The molecule has 9 nitrogen and oxygen atoms in total. The van der Waals surface area contributed by atoms with E-state index in [0.717, 1.165) is 5.39 Å². The topological polar surface area (TPSA) is 136 Å². The molecule has 2 amide bonds. The predicted octanol–water partition coefficient (Wildman–Crippen LogP) is 1.78. The van der Waals surface area contributed by atoms with Gasteiger partial charge in [-0.1, -0.05) is 0 Å². The molecule has 3 rings (SSSR count). The Bertz CT molecular complexity index is 957. The van der Waals surface area contributed by atoms with Crippen molar-refractivity contribution in [2.75, 3.05) is 31.6 Å². The molecule has 0 fully saturated rings. The molecule has 1 aromatic heterocycles. The first-order valence-corrected chi connectivity index (χ1v) is 9.52. The summed E-state index contributed by atoms with van der Waals surface area (Å²) >= 11 is 0. The predicted molar refractivity (Wildman–Crippen MR) is 112 cm³/mol. The number of carbonyl (C=O) groups is 1. The Morgan fingerprint density at radius 1 is 1.10 bits per heavy atom. The first kappa shape index (κ1) is 21.4. The van der Waals surface area contributed by atoms with Gasteiger partial charge in [0.1, 0.15) is 42.2 Å². The van der Waals surface area contributed by atoms with Gasteiger partial charge in [0.25, 0.3) is 0 Å². The van der Waals surface area contributed by atoms with E-state index in [1.165, 1.54) is 12.1 Å². The quantitative estimate of drug-likeness (QED) is 0.219. The molecule has 0 radical (unpaired) electrons. The highest BCUT2D eigenvalue weighted by Gasteiger charge is 2.08. The number of furan rings is 1. The summed E-state index contributed by atoms with van der Waals surface area (Å²) in [6, 6.07) is 12.8. The van der Waals surface area contributed by atoms with Crippen molar-refractivity contribution < 1.29 is 29.3 Å². The molecule has 1 unspecified atom stereocenters. The van der Waals surface area contributed by atoms with Crippen LogP contribution in [0.1, 0.15) is 5.76 Å². The summed E-state index contributed by atoms with van der Waals surface area (Å²) < 4.78 is 11.0. The number of aliphatic hydroxyl groups excluding tert-OH is 2. The van der Waals surface area contributed by atoms with E-state index in [1.54, 1.807) is 36.4 Å². The molecule has 2 aromatic carbocycles. The van der Waals surface area contributed by atoms with Crippen molar-refractivity contribution in [2.45, 2.75) is 12.7 Å². The van der Waals surface area contributed by atoms with Crippen LogP contribution in [0, 0.1) is 0 Å². The van der Waals surface area contributed by atoms with E-state index in [1.807, 2.05) is 0 Å². The van der Waals surface area contributed by atoms with Gasteiger partial charge in [0, 0.05) is 30.7 Å². The van der Waals surface area contributed by atoms with Crippen molar-refractivity contribution in [3.05, 3.63) is 54.3 Å². The highest BCUT2D eigenvalue weighted by Crippen LogP contribution is 2.24. The SMILES string of the molecule is O=C(NCCNCC(O)COc1ccc2oc(CO)cc2c1)Nc1ccc(O)cc1. The van der Waals surface area contributed by atoms with E-state index in [4.69, 9.17) is 14.3 Å². The third-order valence-corrected chi connectivity index (χ3v) is 4.23. The van der Waals surface area contributed by atoms with Crippen molar-refractivity contribution in [2.24, 2.45) is 0 Å². The highest BCUT2D eigenvalue weighted by atomic mass is 16.5. The van der Waals surface area contributed by atoms with E-state index >= 15 is 0 Å². The number of rotatable bonds is 10. The number of hydrogen-bond acceptors (Lipinski definition) is 7. The Morgan fingerprint density at radius 3 is 2.67 bits per heavy atom. The third-order valence-electron chi connectivity index (χ3n) is 4.23. The number of ether oxygens (including phenoxy) is 1. The molecule has 0 aliphatic rings. The molecule has 0 aliphatic heterocycles. The minimum absolute atomic E-state index is 0.109. The summed E-state index contributed by atoms with van der Waals surface area (Å²) in [5.74, 6) is 1.21. The molecule has 0 bridgehead atoms. The number of aliphatic hydroxyl groups is 2. The largest absolute Gasteiger partial charge is 0.508 e. The molecule has 1 atom stereocenters. The van der Waals surface area contributed by atoms with E-state index in [-0.39, 0.29) is 25.0 Å². The van der Waals surface area contributed by atoms with Crippen LogP contribution in [-0.4, -0.2) is 53.7 Å². The zero-order valence-electron chi connectivity index (χ0n) is 16.3. The van der Waals surface area contributed by atoms with Crippen molar-refractivity contribution in [3.8, 4) is 11.5 Å². The fourth-order valence-corrected chi connectivity index (χ4v) is 2.75. The Balaban J connectivity index is 1.29. The minimum atomic E-state index is -0.719. The number of anilines is 1. The second kappa shape index (κ2) is 10.5. The lowest BCUT2D eigenvalue weighted by Crippen LogP contribution is -2.38. The molecule has 30 heavy (non-hydrogen) atoms. The molecule has 9 heteroatoms. The molecule has 0 aliphatic carbocycles. The maximum absolute atomic E-state index is 11.8. The maximum atomic E-state index is 11.8. The number of aromatic hydroxyl groups is 1. The second-order valence-corrected chi connectivity index (χ2v) is 6.67. The van der Waals surface area contributed by atoms with Crippen LogP contribution in [-0.2, 0) is 6.61 Å². The Hall–Kier alpha value is -3.27. The van der Waals surface area contributed by atoms with Crippen molar-refractivity contribution >= 4 is 22.7 Å². The fourth-order valence-electron chi connectivity index (χ4n) is 2.75. The number of carbonyl (C=O) groups excluding carboxylic acids is 1. The Labute approximate surface area is 173 Å². The van der Waals surface area contributed by atoms with Gasteiger partial charge in [0.05, 0.1) is 0 Å². The lowest BCUT2D eigenvalue weighted by Gasteiger charge is -2.14. The van der Waals surface area contributed by atoms with Crippen LogP contribution in [0.3, 0.4) is 0 Å². The molecule has 160 valence electrons. The van der Waals surface area contributed by atoms with Crippen LogP contribution in [0.4, 0.5) is 10.5 Å². The average molecular weight is 415 g/mol. The van der Waals surface area contributed by atoms with E-state index in [9.17, 15) is 15.0 Å². The van der Waals surface area contributed by atoms with Crippen LogP contribution in [0.15, 0.2) is 52.9 Å². The lowest BCUT2D eigenvalue weighted by atomic mass is 10.2. The van der Waals surface area contributed by atoms with Gasteiger partial charge in [-0.25, -0.2) is 4.79 Å². The number of urea groups is 1. The number of amides is 2. The summed E-state index contributed by atoms with van der Waals surface area (Å²) in [7, 11) is 0. The summed E-state index contributed by atoms with van der Waals surface area (Å²) in [6.45, 7) is 1.11. The van der Waals surface area contributed by atoms with Crippen molar-refractivity contribution in [1.82, 2.24) is 10.6 Å². The molecule has 1 heterocycles. The molecule has 6 N–H and O–H groups in total. The second-order valence-electron chi connectivity index (χ2n) is 6.67. The lowest BCUT2D eigenvalue weighted by molar-refractivity contribution is 0.107. The van der Waals surface area contributed by atoms with Crippen LogP contribution < -0.4 is 20.7 Å². The van der Waals surface area contributed by atoms with Crippen molar-refractivity contribution in [3.63, 3.8) is 0 Å². The van der Waals surface area contributed by atoms with E-state index < -0.39 is 6.10 Å². The Morgan fingerprint density at radius 2 is 1.90 bits per heavy atom. The smallest absolute Gasteiger partial charge is 0.319 e. The van der Waals surface area contributed by atoms with E-state index in [2.05, 4.69) is 16.0 Å². The third kappa shape index (κ3) is 6.38. The Kier molecular flexibility index (Phi) is 7.50. The summed E-state index contributed by atoms with van der Waals surface area (Å²) in [5, 5.41) is 37.5. The van der Waals surface area contributed by atoms with Gasteiger partial charge in [-0.2, -0.15) is 0 Å². The molecule has 0 saturated heterocycles. The van der Waals surface area contributed by atoms with Gasteiger partial charge in [0.15, 0.2) is 0 Å². The minimum Gasteiger partial charge on any atom is -0.508 e. The summed E-state index contributed by atoms with van der Waals surface area (Å²) in [6.07, 6.45) is -0.719. The molecular formula is C21H25N3O6. The van der Waals surface area contributed by atoms with Crippen molar-refractivity contribution in [1.29, 1.82) is 0 Å². The first-order valence-electron chi connectivity index (χ1n) is 9.52. The zero-order valence-corrected chi connectivity index (χ0v) is 16.3. The number of hydrogen-bond donors (Lipinski definition) is 6. The van der Waals surface area contributed by atoms with Crippen LogP contribution in [0.25, 0.3) is 11.0 Å². The van der Waals surface area contributed by atoms with Crippen LogP contribution in [0.2, 0.25) is 0 Å². The van der Waals surface area contributed by atoms with Gasteiger partial charge in [-0.3, -0.25) is 0 Å². The normalized spacial score (nSPS) is 11.9. The van der Waals surface area contributed by atoms with Gasteiger partial charge >= 0.3 is 6.03 Å². The van der Waals surface area contributed by atoms with Gasteiger partial charge in [0.2, 0.25) is 0 Å². The molecule has 3 aromatic rings. The monoisotopic (exact) mass is 415 g/mol. The van der Waals surface area contributed by atoms with E-state index in [0.29, 0.717) is 42.4 Å². The number of fused-ring (bicyclic) bond motifs is 1. The summed E-state index contributed by atoms with van der Waals surface area (Å²) in [5.41, 5.74) is 1.24. The van der Waals surface area contributed by atoms with Gasteiger partial charge in [-0.05, 0) is 48.5 Å². The van der Waals surface area contributed by atoms with Gasteiger partial charge in [-0.15, -0.1) is 0 Å². The standard InChI is InChI=1S/C21H25N3O6/c25-12-19-10-14-9-18(5-6-20(14)30-19)29-13-17(27)11-22-7-8-23-21(28)24-15-1-3-16(26)4-2-15/h1-6,9-10,17,22,25-27H,7-8,11-13H2,(H2,23,24,28). The highest BCUT2D eigenvalue weighted by molar-refractivity contribution is 5.89. The first-order chi connectivity index (χ1) is 14.5. The maximum Gasteiger partial charge on any atom is 0.319 e. The average Bonchev–Trinajstić information content (AvgIpc) is 3.16. The number of benzene rings is 2. The molecule has 0 spiro atoms.